The summed E-state index contributed by atoms with van der Waals surface area (Å²) in [5.41, 5.74) is 12.0. The Kier molecular flexibility index (Phi) is 12.0. The molecule has 0 saturated heterocycles. The van der Waals surface area contributed by atoms with Gasteiger partial charge < -0.3 is 20.9 Å². The molecule has 11 nitrogen and oxygen atoms in total. The fourth-order valence-corrected chi connectivity index (χ4v) is 5.33. The van der Waals surface area contributed by atoms with Gasteiger partial charge in [-0.15, -0.1) is 0 Å². The van der Waals surface area contributed by atoms with E-state index < -0.39 is 41.2 Å². The van der Waals surface area contributed by atoms with Crippen molar-refractivity contribution in [3.05, 3.63) is 114 Å². The van der Waals surface area contributed by atoms with Gasteiger partial charge in [0.1, 0.15) is 5.60 Å². The number of fused-ring (bicyclic) bond motifs is 1. The predicted octanol–water partition coefficient (Wildman–Crippen LogP) is 3.30. The van der Waals surface area contributed by atoms with E-state index in [1.54, 1.807) is 20.8 Å². The number of ether oxygens (including phenoxy) is 1. The number of nitrogens with two attached hydrogens (primary N) is 1. The van der Waals surface area contributed by atoms with E-state index >= 15 is 0 Å². The maximum Gasteiger partial charge on any atom is 0.422 e. The minimum Gasteiger partial charge on any atom is -0.443 e. The summed E-state index contributed by atoms with van der Waals surface area (Å²) < 4.78 is 5.30. The highest BCUT2D eigenvalue weighted by molar-refractivity contribution is 5.88. The molecule has 3 amide bonds. The summed E-state index contributed by atoms with van der Waals surface area (Å²) in [4.78, 5) is 43.3. The fourth-order valence-electron chi connectivity index (χ4n) is 5.33. The highest BCUT2D eigenvalue weighted by Gasteiger charge is 2.41. The monoisotopic (exact) mass is 640 g/mol. The summed E-state index contributed by atoms with van der Waals surface area (Å²) in [7, 11) is 0. The van der Waals surface area contributed by atoms with Crippen LogP contribution >= 0.6 is 0 Å². The van der Waals surface area contributed by atoms with Crippen LogP contribution in [0.5, 0.6) is 0 Å². The van der Waals surface area contributed by atoms with Gasteiger partial charge in [-0.05, 0) is 56.9 Å². The lowest BCUT2D eigenvalue weighted by Gasteiger charge is -2.40. The molecule has 0 aliphatic heterocycles. The van der Waals surface area contributed by atoms with Crippen molar-refractivity contribution in [2.24, 2.45) is 5.73 Å². The van der Waals surface area contributed by atoms with Gasteiger partial charge in [0.2, 0.25) is 11.8 Å². The van der Waals surface area contributed by atoms with Gasteiger partial charge in [0.25, 0.3) is 0 Å². The average Bonchev–Trinajstić information content (AvgIpc) is 3.02. The Labute approximate surface area is 275 Å². The number of carbonyl (C=O) groups is 3. The van der Waals surface area contributed by atoms with Crippen LogP contribution in [0, 0.1) is 0 Å². The van der Waals surface area contributed by atoms with Crippen LogP contribution in [0.2, 0.25) is 0 Å². The SMILES string of the molecule is CC(C)(C)OC(=O)NNC[C@H](O)C(Cc1ccccc1)(Cc1ccccc1)NC(=O)[C@H](CC(N)=O)NCc1ccc2ccccc2n1. The minimum atomic E-state index is -1.29. The first-order valence-electron chi connectivity index (χ1n) is 15.6. The maximum atomic E-state index is 14.1. The smallest absolute Gasteiger partial charge is 0.422 e. The van der Waals surface area contributed by atoms with Gasteiger partial charge >= 0.3 is 6.09 Å². The number of primary amides is 1. The molecule has 4 rings (SSSR count). The van der Waals surface area contributed by atoms with Crippen LogP contribution in [0.15, 0.2) is 97.1 Å². The molecule has 11 heteroatoms. The second-order valence-electron chi connectivity index (χ2n) is 12.6. The van der Waals surface area contributed by atoms with Gasteiger partial charge in [0.15, 0.2) is 0 Å². The number of aromatic nitrogens is 1. The number of nitrogens with zero attached hydrogens (tertiary/aromatic N) is 1. The van der Waals surface area contributed by atoms with Crippen molar-refractivity contribution >= 4 is 28.8 Å². The molecule has 0 bridgehead atoms. The van der Waals surface area contributed by atoms with E-state index in [0.717, 1.165) is 22.0 Å². The molecule has 0 unspecified atom stereocenters. The lowest BCUT2D eigenvalue weighted by Crippen LogP contribution is -2.65. The van der Waals surface area contributed by atoms with Crippen molar-refractivity contribution in [2.45, 2.75) is 69.9 Å². The quantitative estimate of drug-likeness (QED) is 0.108. The molecule has 0 aliphatic carbocycles. The number of nitrogens with one attached hydrogen (secondary N) is 4. The molecule has 0 saturated carbocycles. The molecule has 248 valence electrons. The zero-order chi connectivity index (χ0) is 33.9. The van der Waals surface area contributed by atoms with E-state index in [2.05, 4.69) is 26.5 Å². The molecule has 1 aromatic heterocycles. The van der Waals surface area contributed by atoms with Crippen molar-refractivity contribution < 1.29 is 24.2 Å². The maximum absolute atomic E-state index is 14.1. The number of aliphatic hydroxyl groups is 1. The third-order valence-electron chi connectivity index (χ3n) is 7.53. The number of rotatable bonds is 15. The van der Waals surface area contributed by atoms with Crippen LogP contribution in [0.4, 0.5) is 4.79 Å². The molecular weight excluding hydrogens is 596 g/mol. The van der Waals surface area contributed by atoms with Crippen LogP contribution in [0.3, 0.4) is 0 Å². The van der Waals surface area contributed by atoms with Crippen molar-refractivity contribution in [3.63, 3.8) is 0 Å². The number of aliphatic hydroxyl groups excluding tert-OH is 1. The van der Waals surface area contributed by atoms with Crippen LogP contribution in [0.25, 0.3) is 10.9 Å². The van der Waals surface area contributed by atoms with E-state index in [0.29, 0.717) is 5.69 Å². The largest absolute Gasteiger partial charge is 0.443 e. The zero-order valence-electron chi connectivity index (χ0n) is 27.0. The Bertz CT molecular complexity index is 1590. The van der Waals surface area contributed by atoms with Crippen LogP contribution in [-0.2, 0) is 33.7 Å². The average molecular weight is 641 g/mol. The van der Waals surface area contributed by atoms with Gasteiger partial charge in [-0.1, -0.05) is 84.9 Å². The summed E-state index contributed by atoms with van der Waals surface area (Å²) in [6, 6.07) is 29.4. The summed E-state index contributed by atoms with van der Waals surface area (Å²) >= 11 is 0. The van der Waals surface area contributed by atoms with Crippen LogP contribution in [-0.4, -0.2) is 57.8 Å². The van der Waals surface area contributed by atoms with E-state index in [4.69, 9.17) is 10.5 Å². The summed E-state index contributed by atoms with van der Waals surface area (Å²) in [6.45, 7) is 5.30. The minimum absolute atomic E-state index is 0.131. The standard InChI is InChI=1S/C36H44N6O5/c1-35(2,3)47-34(46)42-39-24-31(43)36(21-25-12-6-4-7-13-25,22-26-14-8-5-9-15-26)41-33(45)30(20-32(37)44)38-23-28-19-18-27-16-10-11-17-29(27)40-28/h4-19,30-31,38-39,43H,20-24H2,1-3H3,(H2,37,44)(H,41,45)(H,42,46)/t30-,31-/m0/s1. The number of pyridine rings is 1. The molecule has 0 fully saturated rings. The molecule has 0 spiro atoms. The number of benzene rings is 3. The number of para-hydroxylation sites is 1. The highest BCUT2D eigenvalue weighted by atomic mass is 16.6. The summed E-state index contributed by atoms with van der Waals surface area (Å²) in [5, 5.41) is 19.1. The number of hydrogen-bond donors (Lipinski definition) is 6. The van der Waals surface area contributed by atoms with Crippen LogP contribution in [0.1, 0.15) is 44.0 Å². The normalized spacial score (nSPS) is 13.0. The van der Waals surface area contributed by atoms with Gasteiger partial charge in [-0.2, -0.15) is 0 Å². The third kappa shape index (κ3) is 10.9. The van der Waals surface area contributed by atoms with E-state index in [1.807, 2.05) is 97.1 Å². The molecular formula is C36H44N6O5. The van der Waals surface area contributed by atoms with Gasteiger partial charge in [0.05, 0.1) is 35.3 Å². The molecule has 4 aromatic rings. The second-order valence-corrected chi connectivity index (χ2v) is 12.6. The van der Waals surface area contributed by atoms with Crippen molar-refractivity contribution in [2.75, 3.05) is 6.54 Å². The number of hydrazine groups is 1. The zero-order valence-corrected chi connectivity index (χ0v) is 27.0. The Balaban J connectivity index is 1.62. The first kappa shape index (κ1) is 35.0. The molecule has 3 aromatic carbocycles. The Morgan fingerprint density at radius 1 is 0.851 bits per heavy atom. The first-order chi connectivity index (χ1) is 22.4. The van der Waals surface area contributed by atoms with Crippen molar-refractivity contribution in [1.29, 1.82) is 0 Å². The summed E-state index contributed by atoms with van der Waals surface area (Å²) in [6.07, 6.45) is -1.74. The first-order valence-corrected chi connectivity index (χ1v) is 15.6. The topological polar surface area (TPSA) is 168 Å². The Morgan fingerprint density at radius 2 is 1.45 bits per heavy atom. The number of hydrogen-bond acceptors (Lipinski definition) is 8. The van der Waals surface area contributed by atoms with Crippen molar-refractivity contribution in [3.8, 4) is 0 Å². The lowest BCUT2D eigenvalue weighted by molar-refractivity contribution is -0.130. The van der Waals surface area contributed by atoms with Gasteiger partial charge in [0, 0.05) is 18.5 Å². The Morgan fingerprint density at radius 3 is 2.04 bits per heavy atom. The number of amides is 3. The molecule has 47 heavy (non-hydrogen) atoms. The van der Waals surface area contributed by atoms with Crippen LogP contribution < -0.4 is 27.2 Å². The highest BCUT2D eigenvalue weighted by Crippen LogP contribution is 2.25. The molecule has 1 heterocycles. The van der Waals surface area contributed by atoms with Gasteiger partial charge in [-0.25, -0.2) is 10.2 Å². The fraction of sp³-hybridized carbons (Fsp3) is 0.333. The summed E-state index contributed by atoms with van der Waals surface area (Å²) in [5.74, 6) is -1.18. The molecule has 2 atom stereocenters. The third-order valence-corrected chi connectivity index (χ3v) is 7.53. The molecule has 0 aliphatic rings. The lowest BCUT2D eigenvalue weighted by atomic mass is 9.79. The Hall–Kier alpha value is -4.84. The molecule has 7 N–H and O–H groups in total. The van der Waals surface area contributed by atoms with E-state index in [1.165, 1.54) is 0 Å². The van der Waals surface area contributed by atoms with E-state index in [-0.39, 0.29) is 32.4 Å². The number of carbonyl (C=O) groups excluding carboxylic acids is 3. The predicted molar refractivity (Wildman–Crippen MR) is 181 cm³/mol. The van der Waals surface area contributed by atoms with Crippen molar-refractivity contribution in [1.82, 2.24) is 26.5 Å². The van der Waals surface area contributed by atoms with E-state index in [9.17, 15) is 19.5 Å². The van der Waals surface area contributed by atoms with Gasteiger partial charge in [-0.3, -0.25) is 25.3 Å². The second kappa shape index (κ2) is 16.1. The molecule has 0 radical (unpaired) electrons.